The van der Waals surface area contributed by atoms with Gasteiger partial charge in [0.15, 0.2) is 0 Å². The highest BCUT2D eigenvalue weighted by atomic mass is 35.5. The molecule has 2 fully saturated rings. The molecule has 23 heavy (non-hydrogen) atoms. The van der Waals surface area contributed by atoms with Crippen LogP contribution in [0.4, 0.5) is 0 Å². The molecule has 5 heteroatoms. The number of nitrogens with zero attached hydrogens (tertiary/aromatic N) is 1. The van der Waals surface area contributed by atoms with E-state index in [0.717, 1.165) is 55.7 Å². The van der Waals surface area contributed by atoms with Crippen molar-refractivity contribution in [2.75, 3.05) is 13.1 Å². The molecule has 2 aliphatic rings. The second-order valence-corrected chi connectivity index (χ2v) is 8.10. The second-order valence-electron chi connectivity index (χ2n) is 6.59. The summed E-state index contributed by atoms with van der Waals surface area (Å²) < 4.78 is 1.25. The minimum Gasteiger partial charge on any atom is -0.342 e. The van der Waals surface area contributed by atoms with Crippen LogP contribution in [0.1, 0.15) is 30.6 Å². The van der Waals surface area contributed by atoms with Gasteiger partial charge in [-0.05, 0) is 31.7 Å². The molecular formula is C18H21ClN2OS. The van der Waals surface area contributed by atoms with Crippen molar-refractivity contribution in [1.29, 1.82) is 0 Å². The monoisotopic (exact) mass is 348 g/mol. The predicted molar refractivity (Wildman–Crippen MR) is 96.0 cm³/mol. The maximum atomic E-state index is 12.1. The van der Waals surface area contributed by atoms with Crippen molar-refractivity contribution in [3.8, 4) is 0 Å². The summed E-state index contributed by atoms with van der Waals surface area (Å²) in [4.78, 5) is 15.4. The van der Waals surface area contributed by atoms with Crippen LogP contribution in [0.3, 0.4) is 0 Å². The highest BCUT2D eigenvalue weighted by molar-refractivity contribution is 7.19. The molecule has 0 spiro atoms. The highest BCUT2D eigenvalue weighted by Gasteiger charge is 2.34. The topological polar surface area (TPSA) is 32.3 Å². The summed E-state index contributed by atoms with van der Waals surface area (Å²) in [5, 5.41) is 5.67. The molecule has 0 atom stereocenters. The number of fused-ring (bicyclic) bond motifs is 1. The van der Waals surface area contributed by atoms with Gasteiger partial charge in [0, 0.05) is 46.6 Å². The molecule has 2 aromatic rings. The van der Waals surface area contributed by atoms with E-state index in [1.54, 1.807) is 11.3 Å². The van der Waals surface area contributed by atoms with Gasteiger partial charge in [-0.2, -0.15) is 0 Å². The van der Waals surface area contributed by atoms with E-state index in [2.05, 4.69) is 28.4 Å². The van der Waals surface area contributed by atoms with E-state index in [-0.39, 0.29) is 0 Å². The molecule has 0 bridgehead atoms. The fourth-order valence-corrected chi connectivity index (χ4v) is 4.76. The lowest BCUT2D eigenvalue weighted by Crippen LogP contribution is -2.45. The zero-order valence-electron chi connectivity index (χ0n) is 13.1. The first-order valence-corrected chi connectivity index (χ1v) is 9.60. The minimum absolute atomic E-state index is 0.344. The quantitative estimate of drug-likeness (QED) is 0.904. The van der Waals surface area contributed by atoms with Gasteiger partial charge in [-0.25, -0.2) is 0 Å². The molecule has 1 aliphatic carbocycles. The fraction of sp³-hybridized carbons (Fsp3) is 0.500. The van der Waals surface area contributed by atoms with Gasteiger partial charge < -0.3 is 10.2 Å². The van der Waals surface area contributed by atoms with Gasteiger partial charge in [0.25, 0.3) is 0 Å². The zero-order valence-corrected chi connectivity index (χ0v) is 14.6. The van der Waals surface area contributed by atoms with Crippen molar-refractivity contribution in [3.05, 3.63) is 34.2 Å². The number of rotatable bonds is 4. The average molecular weight is 349 g/mol. The first-order chi connectivity index (χ1) is 11.2. The van der Waals surface area contributed by atoms with E-state index < -0.39 is 0 Å². The molecule has 0 radical (unpaired) electrons. The van der Waals surface area contributed by atoms with Crippen molar-refractivity contribution >= 4 is 38.9 Å². The maximum Gasteiger partial charge on any atom is 0.225 e. The molecule has 1 saturated heterocycles. The number of thiophene rings is 1. The largest absolute Gasteiger partial charge is 0.342 e. The number of carbonyl (C=O) groups is 1. The van der Waals surface area contributed by atoms with Crippen molar-refractivity contribution in [3.63, 3.8) is 0 Å². The molecular weight excluding hydrogens is 328 g/mol. The molecule has 122 valence electrons. The van der Waals surface area contributed by atoms with E-state index in [9.17, 15) is 4.79 Å². The Labute approximate surface area is 145 Å². The number of hydrogen-bond acceptors (Lipinski definition) is 3. The number of hydrogen-bond donors (Lipinski definition) is 1. The van der Waals surface area contributed by atoms with Crippen LogP contribution in [0.15, 0.2) is 24.3 Å². The van der Waals surface area contributed by atoms with Gasteiger partial charge in [-0.15, -0.1) is 11.3 Å². The standard InChI is InChI=1S/C18H21ClN2OS/c19-17-14-3-1-2-4-15(14)23-16(17)11-20-13-7-9-21(10-8-13)18(22)12-5-6-12/h1-4,12-13,20H,5-11H2. The van der Waals surface area contributed by atoms with Crippen molar-refractivity contribution in [1.82, 2.24) is 10.2 Å². The van der Waals surface area contributed by atoms with E-state index in [1.807, 2.05) is 6.07 Å². The Hall–Kier alpha value is -1.10. The molecule has 1 saturated carbocycles. The zero-order chi connectivity index (χ0) is 15.8. The first-order valence-electron chi connectivity index (χ1n) is 8.40. The van der Waals surface area contributed by atoms with Gasteiger partial charge in [-0.1, -0.05) is 29.8 Å². The number of benzene rings is 1. The molecule has 3 nitrogen and oxygen atoms in total. The second kappa shape index (κ2) is 6.42. The van der Waals surface area contributed by atoms with Crippen LogP contribution in [-0.2, 0) is 11.3 Å². The van der Waals surface area contributed by atoms with Crippen LogP contribution in [0.5, 0.6) is 0 Å². The van der Waals surface area contributed by atoms with Gasteiger partial charge >= 0.3 is 0 Å². The van der Waals surface area contributed by atoms with Crippen molar-refractivity contribution in [2.24, 2.45) is 5.92 Å². The van der Waals surface area contributed by atoms with Crippen LogP contribution in [0.25, 0.3) is 10.1 Å². The first kappa shape index (κ1) is 15.4. The summed E-state index contributed by atoms with van der Waals surface area (Å²) in [6.07, 6.45) is 4.28. The number of carbonyl (C=O) groups excluding carboxylic acids is 1. The lowest BCUT2D eigenvalue weighted by Gasteiger charge is -2.32. The van der Waals surface area contributed by atoms with Crippen LogP contribution in [0, 0.1) is 5.92 Å². The number of halogens is 1. The summed E-state index contributed by atoms with van der Waals surface area (Å²) in [6, 6.07) is 8.78. The Balaban J connectivity index is 1.32. The van der Waals surface area contributed by atoms with Gasteiger partial charge in [0.2, 0.25) is 5.91 Å². The van der Waals surface area contributed by atoms with E-state index in [4.69, 9.17) is 11.6 Å². The lowest BCUT2D eigenvalue weighted by atomic mass is 10.0. The molecule has 1 aromatic carbocycles. The summed E-state index contributed by atoms with van der Waals surface area (Å²) in [6.45, 7) is 2.61. The Kier molecular flexibility index (Phi) is 4.31. The van der Waals surface area contributed by atoms with Crippen LogP contribution < -0.4 is 5.32 Å². The van der Waals surface area contributed by atoms with Crippen LogP contribution >= 0.6 is 22.9 Å². The molecule has 1 amide bonds. The number of likely N-dealkylation sites (tertiary alicyclic amines) is 1. The fourth-order valence-electron chi connectivity index (χ4n) is 3.31. The van der Waals surface area contributed by atoms with Gasteiger partial charge in [0.05, 0.1) is 5.02 Å². The van der Waals surface area contributed by atoms with E-state index >= 15 is 0 Å². The molecule has 1 N–H and O–H groups in total. The molecule has 4 rings (SSSR count). The lowest BCUT2D eigenvalue weighted by molar-refractivity contribution is -0.133. The summed E-state index contributed by atoms with van der Waals surface area (Å²) in [7, 11) is 0. The Morgan fingerprint density at radius 2 is 1.96 bits per heavy atom. The van der Waals surface area contributed by atoms with Crippen molar-refractivity contribution in [2.45, 2.75) is 38.3 Å². The van der Waals surface area contributed by atoms with Crippen LogP contribution in [0.2, 0.25) is 5.02 Å². The Morgan fingerprint density at radius 3 is 2.65 bits per heavy atom. The average Bonchev–Trinajstić information content (AvgIpc) is 3.39. The van der Waals surface area contributed by atoms with Gasteiger partial charge in [0.1, 0.15) is 0 Å². The minimum atomic E-state index is 0.344. The summed E-state index contributed by atoms with van der Waals surface area (Å²) >= 11 is 8.27. The van der Waals surface area contributed by atoms with E-state index in [1.165, 1.54) is 9.58 Å². The molecule has 1 aliphatic heterocycles. The Bertz CT molecular complexity index is 717. The summed E-state index contributed by atoms with van der Waals surface area (Å²) in [5.74, 6) is 0.730. The van der Waals surface area contributed by atoms with Crippen LogP contribution in [-0.4, -0.2) is 29.9 Å². The van der Waals surface area contributed by atoms with Crippen molar-refractivity contribution < 1.29 is 4.79 Å². The number of nitrogens with one attached hydrogen (secondary N) is 1. The molecule has 0 unspecified atom stereocenters. The molecule has 2 heterocycles. The third-order valence-electron chi connectivity index (χ3n) is 4.89. The highest BCUT2D eigenvalue weighted by Crippen LogP contribution is 2.35. The third kappa shape index (κ3) is 3.25. The molecule has 1 aromatic heterocycles. The third-order valence-corrected chi connectivity index (χ3v) is 6.60. The smallest absolute Gasteiger partial charge is 0.225 e. The maximum absolute atomic E-state index is 12.1. The van der Waals surface area contributed by atoms with E-state index in [0.29, 0.717) is 17.9 Å². The number of piperidine rings is 1. The number of amides is 1. The Morgan fingerprint density at radius 1 is 1.22 bits per heavy atom. The SMILES string of the molecule is O=C(C1CC1)N1CCC(NCc2sc3ccccc3c2Cl)CC1. The normalized spacial score (nSPS) is 19.4. The summed E-state index contributed by atoms with van der Waals surface area (Å²) in [5.41, 5.74) is 0. The van der Waals surface area contributed by atoms with Gasteiger partial charge in [-0.3, -0.25) is 4.79 Å². The predicted octanol–water partition coefficient (Wildman–Crippen LogP) is 4.05.